The van der Waals surface area contributed by atoms with Crippen LogP contribution in [0.15, 0.2) is 42.0 Å². The Labute approximate surface area is 122 Å². The summed E-state index contributed by atoms with van der Waals surface area (Å²) in [7, 11) is 0. The van der Waals surface area contributed by atoms with E-state index in [9.17, 15) is 9.59 Å². The van der Waals surface area contributed by atoms with Crippen molar-refractivity contribution in [3.63, 3.8) is 0 Å². The van der Waals surface area contributed by atoms with Crippen molar-refractivity contribution in [1.82, 2.24) is 10.7 Å². The van der Waals surface area contributed by atoms with Gasteiger partial charge in [0, 0.05) is 6.04 Å². The van der Waals surface area contributed by atoms with E-state index in [0.29, 0.717) is 6.61 Å². The molecule has 0 aromatic heterocycles. The van der Waals surface area contributed by atoms with Gasteiger partial charge in [-0.15, -0.1) is 0 Å². The minimum atomic E-state index is -0.760. The Morgan fingerprint density at radius 3 is 2.62 bits per heavy atom. The van der Waals surface area contributed by atoms with Crippen LogP contribution in [-0.4, -0.2) is 30.7 Å². The summed E-state index contributed by atoms with van der Waals surface area (Å²) in [5, 5.41) is 6.32. The number of amides is 2. The standard InChI is InChI=1S/C15H17N3O3/c1-2-9-21-13-7-3-11(4-8-13)10-16-18-15(20)14(19)17-12-5-6-12/h2-4,7-8,10,12H,1,5-6,9H2,(H,17,19)(H,18,20)/b16-10-. The zero-order valence-electron chi connectivity index (χ0n) is 11.5. The third-order valence-electron chi connectivity index (χ3n) is 2.75. The van der Waals surface area contributed by atoms with Crippen LogP contribution in [0.2, 0.25) is 0 Å². The molecule has 0 aliphatic heterocycles. The average molecular weight is 287 g/mol. The highest BCUT2D eigenvalue weighted by molar-refractivity contribution is 6.35. The van der Waals surface area contributed by atoms with E-state index >= 15 is 0 Å². The van der Waals surface area contributed by atoms with E-state index in [1.165, 1.54) is 6.21 Å². The van der Waals surface area contributed by atoms with Gasteiger partial charge in [-0.2, -0.15) is 5.10 Å². The fourth-order valence-electron chi connectivity index (χ4n) is 1.50. The molecule has 0 saturated heterocycles. The van der Waals surface area contributed by atoms with E-state index in [1.807, 2.05) is 0 Å². The normalized spacial score (nSPS) is 13.7. The van der Waals surface area contributed by atoms with Crippen molar-refractivity contribution in [1.29, 1.82) is 0 Å². The molecule has 2 N–H and O–H groups in total. The van der Waals surface area contributed by atoms with Gasteiger partial charge in [-0.1, -0.05) is 12.7 Å². The molecular formula is C15H17N3O3. The first-order valence-corrected chi connectivity index (χ1v) is 6.66. The Bertz CT molecular complexity index is 548. The van der Waals surface area contributed by atoms with Gasteiger partial charge in [0.05, 0.1) is 6.21 Å². The predicted molar refractivity (Wildman–Crippen MR) is 79.0 cm³/mol. The van der Waals surface area contributed by atoms with Gasteiger partial charge in [0.15, 0.2) is 0 Å². The Kier molecular flexibility index (Phi) is 5.09. The number of hydrogen-bond acceptors (Lipinski definition) is 4. The van der Waals surface area contributed by atoms with Crippen molar-refractivity contribution < 1.29 is 14.3 Å². The molecule has 1 saturated carbocycles. The zero-order chi connectivity index (χ0) is 15.1. The molecule has 1 aromatic rings. The fourth-order valence-corrected chi connectivity index (χ4v) is 1.50. The maximum atomic E-state index is 11.4. The van der Waals surface area contributed by atoms with Gasteiger partial charge in [0.25, 0.3) is 0 Å². The maximum Gasteiger partial charge on any atom is 0.329 e. The molecular weight excluding hydrogens is 270 g/mol. The molecule has 110 valence electrons. The molecule has 0 radical (unpaired) electrons. The first-order valence-electron chi connectivity index (χ1n) is 6.66. The van der Waals surface area contributed by atoms with Crippen LogP contribution in [0.1, 0.15) is 18.4 Å². The predicted octanol–water partition coefficient (Wildman–Crippen LogP) is 0.980. The van der Waals surface area contributed by atoms with E-state index in [4.69, 9.17) is 4.74 Å². The number of ether oxygens (including phenoxy) is 1. The minimum Gasteiger partial charge on any atom is -0.490 e. The zero-order valence-corrected chi connectivity index (χ0v) is 11.5. The van der Waals surface area contributed by atoms with Gasteiger partial charge in [-0.05, 0) is 42.7 Å². The second-order valence-corrected chi connectivity index (χ2v) is 4.62. The lowest BCUT2D eigenvalue weighted by atomic mass is 10.2. The van der Waals surface area contributed by atoms with Crippen LogP contribution in [-0.2, 0) is 9.59 Å². The molecule has 1 fully saturated rings. The number of hydrogen-bond donors (Lipinski definition) is 2. The Morgan fingerprint density at radius 2 is 2.00 bits per heavy atom. The third-order valence-corrected chi connectivity index (χ3v) is 2.75. The summed E-state index contributed by atoms with van der Waals surface area (Å²) in [4.78, 5) is 22.8. The lowest BCUT2D eigenvalue weighted by Gasteiger charge is -2.03. The summed E-state index contributed by atoms with van der Waals surface area (Å²) in [6, 6.07) is 7.30. The number of nitrogens with one attached hydrogen (secondary N) is 2. The monoisotopic (exact) mass is 287 g/mol. The van der Waals surface area contributed by atoms with Crippen molar-refractivity contribution in [3.8, 4) is 5.75 Å². The SMILES string of the molecule is C=CCOc1ccc(/C=N\NC(=O)C(=O)NC2CC2)cc1. The van der Waals surface area contributed by atoms with Gasteiger partial charge >= 0.3 is 11.8 Å². The van der Waals surface area contributed by atoms with Gasteiger partial charge in [0.1, 0.15) is 12.4 Å². The van der Waals surface area contributed by atoms with E-state index in [1.54, 1.807) is 30.3 Å². The van der Waals surface area contributed by atoms with Crippen LogP contribution < -0.4 is 15.5 Å². The average Bonchev–Trinajstić information content (AvgIpc) is 3.30. The summed E-state index contributed by atoms with van der Waals surface area (Å²) in [5.74, 6) is -0.688. The molecule has 1 aliphatic carbocycles. The van der Waals surface area contributed by atoms with Crippen molar-refractivity contribution in [2.75, 3.05) is 6.61 Å². The van der Waals surface area contributed by atoms with E-state index in [-0.39, 0.29) is 6.04 Å². The summed E-state index contributed by atoms with van der Waals surface area (Å²) in [6.07, 6.45) is 4.99. The van der Waals surface area contributed by atoms with E-state index in [2.05, 4.69) is 22.4 Å². The number of carbonyl (C=O) groups is 2. The summed E-state index contributed by atoms with van der Waals surface area (Å²) in [5.41, 5.74) is 2.97. The molecule has 21 heavy (non-hydrogen) atoms. The quantitative estimate of drug-likeness (QED) is 0.354. The number of hydrazone groups is 1. The Balaban J connectivity index is 1.78. The van der Waals surface area contributed by atoms with Gasteiger partial charge in [-0.25, -0.2) is 5.43 Å². The second kappa shape index (κ2) is 7.23. The number of nitrogens with zero attached hydrogens (tertiary/aromatic N) is 1. The first kappa shape index (κ1) is 14.8. The molecule has 1 aliphatic rings. The van der Waals surface area contributed by atoms with Crippen molar-refractivity contribution in [2.24, 2.45) is 5.10 Å². The largest absolute Gasteiger partial charge is 0.490 e. The first-order chi connectivity index (χ1) is 10.2. The number of rotatable bonds is 6. The molecule has 2 amide bonds. The summed E-state index contributed by atoms with van der Waals surface area (Å²) < 4.78 is 5.34. The van der Waals surface area contributed by atoms with Crippen LogP contribution in [0.3, 0.4) is 0 Å². The molecule has 0 bridgehead atoms. The van der Waals surface area contributed by atoms with E-state index < -0.39 is 11.8 Å². The fraction of sp³-hybridized carbons (Fsp3) is 0.267. The number of benzene rings is 1. The van der Waals surface area contributed by atoms with Crippen LogP contribution in [0.5, 0.6) is 5.75 Å². The smallest absolute Gasteiger partial charge is 0.329 e. The number of carbonyl (C=O) groups excluding carboxylic acids is 2. The Hall–Kier alpha value is -2.63. The van der Waals surface area contributed by atoms with Gasteiger partial charge in [0.2, 0.25) is 0 Å². The lowest BCUT2D eigenvalue weighted by Crippen LogP contribution is -2.38. The Morgan fingerprint density at radius 1 is 1.29 bits per heavy atom. The highest BCUT2D eigenvalue weighted by atomic mass is 16.5. The van der Waals surface area contributed by atoms with Crippen LogP contribution >= 0.6 is 0 Å². The second-order valence-electron chi connectivity index (χ2n) is 4.62. The molecule has 0 unspecified atom stereocenters. The van der Waals surface area contributed by atoms with Crippen molar-refractivity contribution in [2.45, 2.75) is 18.9 Å². The highest BCUT2D eigenvalue weighted by Gasteiger charge is 2.26. The molecule has 2 rings (SSSR count). The highest BCUT2D eigenvalue weighted by Crippen LogP contribution is 2.18. The topological polar surface area (TPSA) is 79.8 Å². The van der Waals surface area contributed by atoms with Crippen molar-refractivity contribution >= 4 is 18.0 Å². The van der Waals surface area contributed by atoms with Crippen LogP contribution in [0, 0.1) is 0 Å². The molecule has 0 spiro atoms. The maximum absolute atomic E-state index is 11.4. The summed E-state index contributed by atoms with van der Waals surface area (Å²) in [6.45, 7) is 4.01. The van der Waals surface area contributed by atoms with Crippen LogP contribution in [0.4, 0.5) is 0 Å². The molecule has 6 nitrogen and oxygen atoms in total. The molecule has 6 heteroatoms. The van der Waals surface area contributed by atoms with Gasteiger partial charge in [-0.3, -0.25) is 9.59 Å². The van der Waals surface area contributed by atoms with Crippen molar-refractivity contribution in [3.05, 3.63) is 42.5 Å². The lowest BCUT2D eigenvalue weighted by molar-refractivity contribution is -0.139. The molecule has 1 aromatic carbocycles. The third kappa shape index (κ3) is 5.10. The van der Waals surface area contributed by atoms with Gasteiger partial charge < -0.3 is 10.1 Å². The minimum absolute atomic E-state index is 0.148. The molecule has 0 heterocycles. The molecule has 0 atom stereocenters. The van der Waals surface area contributed by atoms with E-state index in [0.717, 1.165) is 24.2 Å². The van der Waals surface area contributed by atoms with Crippen LogP contribution in [0.25, 0.3) is 0 Å². The summed E-state index contributed by atoms with van der Waals surface area (Å²) >= 11 is 0.